The van der Waals surface area contributed by atoms with Crippen molar-refractivity contribution in [3.8, 4) is 11.5 Å². The number of hydrogen-bond donors (Lipinski definition) is 1. The van der Waals surface area contributed by atoms with Crippen LogP contribution in [-0.2, 0) is 28.4 Å². The molecule has 0 spiro atoms. The largest absolute Gasteiger partial charge is 0.497 e. The van der Waals surface area contributed by atoms with Gasteiger partial charge in [0.25, 0.3) is 0 Å². The second kappa shape index (κ2) is 14.2. The fraction of sp³-hybridized carbons (Fsp3) is 0.654. The molecule has 1 aromatic rings. The molecular weight excluding hydrogens is 500 g/mol. The number of methoxy groups -OCH3 is 3. The van der Waals surface area contributed by atoms with Gasteiger partial charge in [0.05, 0.1) is 20.3 Å². The van der Waals surface area contributed by atoms with Gasteiger partial charge in [-0.15, -0.1) is 0 Å². The smallest absolute Gasteiger partial charge is 0.342 e. The van der Waals surface area contributed by atoms with Crippen molar-refractivity contribution in [2.24, 2.45) is 0 Å². The Bertz CT molecular complexity index is 896. The fourth-order valence-corrected chi connectivity index (χ4v) is 4.44. The van der Waals surface area contributed by atoms with Gasteiger partial charge >= 0.3 is 5.97 Å². The summed E-state index contributed by atoms with van der Waals surface area (Å²) in [6.45, 7) is 10.2. The first kappa shape index (κ1) is 31.2. The van der Waals surface area contributed by atoms with E-state index >= 15 is 0 Å². The highest BCUT2D eigenvalue weighted by atomic mass is 28.3. The van der Waals surface area contributed by atoms with Crippen LogP contribution in [-0.4, -0.2) is 91.4 Å². The summed E-state index contributed by atoms with van der Waals surface area (Å²) in [5.41, 5.74) is 0.728. The molecule has 0 saturated carbocycles. The molecule has 10 nitrogen and oxygen atoms in total. The molecule has 0 bridgehead atoms. The summed E-state index contributed by atoms with van der Waals surface area (Å²) in [7, 11) is 3.12. The first-order valence-corrected chi connectivity index (χ1v) is 15.9. The molecule has 11 heteroatoms. The number of aliphatic hydroxyl groups excluding tert-OH is 1. The minimum Gasteiger partial charge on any atom is -0.497 e. The highest BCUT2D eigenvalue weighted by molar-refractivity contribution is 6.76. The second-order valence-corrected chi connectivity index (χ2v) is 15.9. The number of carbonyl (C=O) groups excluding carboxylic acids is 1. The van der Waals surface area contributed by atoms with Gasteiger partial charge in [0.1, 0.15) is 42.2 Å². The van der Waals surface area contributed by atoms with Crippen molar-refractivity contribution in [1.82, 2.24) is 0 Å². The van der Waals surface area contributed by atoms with Crippen molar-refractivity contribution in [3.63, 3.8) is 0 Å². The Morgan fingerprint density at radius 1 is 1.14 bits per heavy atom. The van der Waals surface area contributed by atoms with Crippen LogP contribution in [0.25, 0.3) is 6.08 Å². The minimum absolute atomic E-state index is 0.0145. The van der Waals surface area contributed by atoms with E-state index in [0.29, 0.717) is 17.9 Å². The van der Waals surface area contributed by atoms with Crippen molar-refractivity contribution in [1.29, 1.82) is 0 Å². The number of esters is 1. The van der Waals surface area contributed by atoms with Gasteiger partial charge < -0.3 is 43.0 Å². The summed E-state index contributed by atoms with van der Waals surface area (Å²) in [6.07, 6.45) is 1.54. The Balaban J connectivity index is 2.46. The molecule has 3 atom stereocenters. The van der Waals surface area contributed by atoms with Crippen LogP contribution in [0.2, 0.25) is 25.7 Å². The van der Waals surface area contributed by atoms with Gasteiger partial charge in [-0.3, -0.25) is 0 Å². The lowest BCUT2D eigenvalue weighted by molar-refractivity contribution is -0.164. The van der Waals surface area contributed by atoms with Crippen LogP contribution >= 0.6 is 0 Å². The molecule has 1 saturated heterocycles. The third kappa shape index (κ3) is 9.68. The van der Waals surface area contributed by atoms with Crippen molar-refractivity contribution in [2.75, 3.05) is 48.1 Å². The highest BCUT2D eigenvalue weighted by Gasteiger charge is 2.44. The number of hydrogen-bond acceptors (Lipinski definition) is 10. The topological polar surface area (TPSA) is 111 Å². The van der Waals surface area contributed by atoms with E-state index in [1.165, 1.54) is 21.3 Å². The van der Waals surface area contributed by atoms with Crippen LogP contribution in [0.1, 0.15) is 29.8 Å². The molecule has 2 rings (SSSR count). The summed E-state index contributed by atoms with van der Waals surface area (Å²) in [6, 6.07) is 4.15. The zero-order chi connectivity index (χ0) is 27.6. The van der Waals surface area contributed by atoms with Crippen LogP contribution in [0.3, 0.4) is 0 Å². The summed E-state index contributed by atoms with van der Waals surface area (Å²) in [5, 5.41) is 9.85. The molecule has 1 aliphatic heterocycles. The van der Waals surface area contributed by atoms with Gasteiger partial charge in [-0.05, 0) is 31.5 Å². The number of rotatable bonds is 15. The first-order chi connectivity index (χ1) is 17.4. The monoisotopic (exact) mass is 542 g/mol. The maximum Gasteiger partial charge on any atom is 0.342 e. The molecule has 210 valence electrons. The third-order valence-electron chi connectivity index (χ3n) is 5.53. The molecule has 0 aromatic heterocycles. The van der Waals surface area contributed by atoms with Gasteiger partial charge in [0.15, 0.2) is 12.6 Å². The summed E-state index contributed by atoms with van der Waals surface area (Å²) >= 11 is 0. The van der Waals surface area contributed by atoms with Crippen molar-refractivity contribution >= 4 is 20.1 Å². The lowest BCUT2D eigenvalue weighted by Crippen LogP contribution is -2.38. The van der Waals surface area contributed by atoms with E-state index in [9.17, 15) is 9.90 Å². The predicted molar refractivity (Wildman–Crippen MR) is 141 cm³/mol. The molecule has 1 heterocycles. The summed E-state index contributed by atoms with van der Waals surface area (Å²) in [4.78, 5) is 13.3. The highest BCUT2D eigenvalue weighted by Crippen LogP contribution is 2.34. The Morgan fingerprint density at radius 2 is 1.84 bits per heavy atom. The predicted octanol–water partition coefficient (Wildman–Crippen LogP) is 3.69. The maximum absolute atomic E-state index is 13.3. The minimum atomic E-state index is -1.41. The van der Waals surface area contributed by atoms with Gasteiger partial charge in [-0.25, -0.2) is 4.79 Å². The number of carbonyl (C=O) groups is 1. The summed E-state index contributed by atoms with van der Waals surface area (Å²) in [5.74, 6) is -0.671. The Kier molecular flexibility index (Phi) is 12.0. The zero-order valence-corrected chi connectivity index (χ0v) is 24.2. The number of benzene rings is 1. The van der Waals surface area contributed by atoms with Crippen LogP contribution in [0.4, 0.5) is 0 Å². The average molecular weight is 543 g/mol. The molecule has 1 N–H and O–H groups in total. The molecule has 1 aromatic carbocycles. The van der Waals surface area contributed by atoms with Crippen LogP contribution in [0, 0.1) is 0 Å². The van der Waals surface area contributed by atoms with Crippen LogP contribution in [0.15, 0.2) is 18.2 Å². The number of aliphatic hydroxyl groups is 1. The number of ether oxygens (including phenoxy) is 8. The molecule has 1 unspecified atom stereocenters. The average Bonchev–Trinajstić information content (AvgIpc) is 3.15. The first-order valence-electron chi connectivity index (χ1n) is 12.2. The van der Waals surface area contributed by atoms with Crippen molar-refractivity contribution in [3.05, 3.63) is 29.3 Å². The summed E-state index contributed by atoms with van der Waals surface area (Å²) < 4.78 is 44.6. The van der Waals surface area contributed by atoms with E-state index in [-0.39, 0.29) is 31.5 Å². The van der Waals surface area contributed by atoms with Gasteiger partial charge in [-0.2, -0.15) is 0 Å². The Labute approximate surface area is 220 Å². The fourth-order valence-electron chi connectivity index (χ4n) is 3.72. The van der Waals surface area contributed by atoms with E-state index in [4.69, 9.17) is 37.9 Å². The second-order valence-electron chi connectivity index (χ2n) is 10.3. The van der Waals surface area contributed by atoms with Gasteiger partial charge in [-0.1, -0.05) is 31.8 Å². The van der Waals surface area contributed by atoms with E-state index in [1.807, 2.05) is 0 Å². The molecule has 0 aliphatic carbocycles. The molecule has 0 amide bonds. The Morgan fingerprint density at radius 3 is 2.43 bits per heavy atom. The third-order valence-corrected chi connectivity index (χ3v) is 7.24. The molecule has 37 heavy (non-hydrogen) atoms. The van der Waals surface area contributed by atoms with Gasteiger partial charge in [0.2, 0.25) is 0 Å². The maximum atomic E-state index is 13.3. The van der Waals surface area contributed by atoms with Crippen LogP contribution in [0.5, 0.6) is 11.5 Å². The molecule has 1 aliphatic rings. The molecular formula is C26H42O10Si. The van der Waals surface area contributed by atoms with Crippen LogP contribution < -0.4 is 9.47 Å². The SMILES string of the molecule is COCOc1cc(OC)cc(C=CC(OCOC)[C@@H]2OC(C)(C)O[C@@H]2CO)c1C(=O)OCC[Si](C)(C)C. The van der Waals surface area contributed by atoms with E-state index in [2.05, 4.69) is 19.6 Å². The molecule has 1 fully saturated rings. The van der Waals surface area contributed by atoms with Crippen molar-refractivity contribution < 1.29 is 47.8 Å². The van der Waals surface area contributed by atoms with Crippen molar-refractivity contribution in [2.45, 2.75) is 63.6 Å². The Hall–Kier alpha value is -1.99. The standard InChI is InChI=1S/C26H42O10Si/c1-26(2)35-22(15-27)24(36-26)20(33-16-29-3)10-9-18-13-19(31-5)14-21(34-17-30-4)23(18)25(28)32-11-12-37(6,7)8/h9-10,13-14,20,22,24,27H,11-12,15-17H2,1-8H3/t20?,22-,24+/m1/s1. The van der Waals surface area contributed by atoms with E-state index < -0.39 is 38.1 Å². The zero-order valence-electron chi connectivity index (χ0n) is 23.2. The molecule has 0 radical (unpaired) electrons. The lowest BCUT2D eigenvalue weighted by atomic mass is 10.0. The normalized spacial score (nSPS) is 20.2. The van der Waals surface area contributed by atoms with E-state index in [1.54, 1.807) is 38.1 Å². The quantitative estimate of drug-likeness (QED) is 0.200. The lowest BCUT2D eigenvalue weighted by Gasteiger charge is -2.24. The van der Waals surface area contributed by atoms with Gasteiger partial charge in [0, 0.05) is 28.4 Å². The van der Waals surface area contributed by atoms with E-state index in [0.717, 1.165) is 6.04 Å².